The molecule has 0 radical (unpaired) electrons. The summed E-state index contributed by atoms with van der Waals surface area (Å²) in [6, 6.07) is 13.7. The van der Waals surface area contributed by atoms with Gasteiger partial charge < -0.3 is 10.1 Å². The third kappa shape index (κ3) is 5.35. The monoisotopic (exact) mass is 495 g/mol. The second-order valence-electron chi connectivity index (χ2n) is 7.63. The van der Waals surface area contributed by atoms with E-state index < -0.39 is 11.9 Å². The first-order chi connectivity index (χ1) is 16.5. The van der Waals surface area contributed by atoms with Gasteiger partial charge in [0.15, 0.2) is 0 Å². The van der Waals surface area contributed by atoms with Gasteiger partial charge in [0, 0.05) is 21.7 Å². The maximum Gasteiger partial charge on any atom is 0.338 e. The number of halogens is 1. The molecule has 0 aliphatic carbocycles. The van der Waals surface area contributed by atoms with Crippen LogP contribution in [0, 0.1) is 0 Å². The molecule has 2 aromatic heterocycles. The maximum absolute atomic E-state index is 13.2. The Labute approximate surface area is 205 Å². The van der Waals surface area contributed by atoms with Gasteiger partial charge in [0.2, 0.25) is 5.91 Å². The number of hydrogen-bond acceptors (Lipinski definition) is 6. The van der Waals surface area contributed by atoms with Crippen LogP contribution in [0.1, 0.15) is 30.1 Å². The molecule has 0 unspecified atom stereocenters. The highest BCUT2D eigenvalue weighted by Crippen LogP contribution is 2.31. The number of carbonyl (C=O) groups excluding carboxylic acids is 2. The van der Waals surface area contributed by atoms with Crippen molar-refractivity contribution in [3.05, 3.63) is 81.2 Å². The first kappa shape index (κ1) is 23.7. The van der Waals surface area contributed by atoms with Gasteiger partial charge in [-0.05, 0) is 42.3 Å². The number of esters is 1. The van der Waals surface area contributed by atoms with E-state index in [1.165, 1.54) is 22.2 Å². The highest BCUT2D eigenvalue weighted by Gasteiger charge is 2.15. The summed E-state index contributed by atoms with van der Waals surface area (Å²) in [7, 11) is 0. The van der Waals surface area contributed by atoms with Crippen molar-refractivity contribution < 1.29 is 14.3 Å². The van der Waals surface area contributed by atoms with Crippen LogP contribution in [0.2, 0.25) is 5.02 Å². The average Bonchev–Trinajstić information content (AvgIpc) is 3.26. The lowest BCUT2D eigenvalue weighted by molar-refractivity contribution is -0.116. The van der Waals surface area contributed by atoms with Crippen LogP contribution in [0.25, 0.3) is 21.3 Å². The zero-order chi connectivity index (χ0) is 24.1. The Balaban J connectivity index is 1.51. The molecule has 0 bridgehead atoms. The summed E-state index contributed by atoms with van der Waals surface area (Å²) in [6.45, 7) is 2.15. The number of nitrogens with one attached hydrogen (secondary N) is 1. The van der Waals surface area contributed by atoms with E-state index in [1.54, 1.807) is 36.4 Å². The molecule has 34 heavy (non-hydrogen) atoms. The fourth-order valence-electron chi connectivity index (χ4n) is 3.39. The summed E-state index contributed by atoms with van der Waals surface area (Å²) in [5.74, 6) is -0.856. The molecule has 2 aromatic carbocycles. The molecule has 1 N–H and O–H groups in total. The Hall–Kier alpha value is -3.49. The zero-order valence-electron chi connectivity index (χ0n) is 18.4. The normalized spacial score (nSPS) is 10.9. The number of benzene rings is 2. The molecule has 0 spiro atoms. The smallest absolute Gasteiger partial charge is 0.338 e. The Morgan fingerprint density at radius 3 is 2.74 bits per heavy atom. The first-order valence-electron chi connectivity index (χ1n) is 10.8. The SMILES string of the molecule is CCCCOC(=O)c1cccc(NC(=O)Cn2cnc3scc(-c4ccc(Cl)cc4)c3c2=O)c1. The van der Waals surface area contributed by atoms with Crippen molar-refractivity contribution in [2.75, 3.05) is 11.9 Å². The Morgan fingerprint density at radius 2 is 1.97 bits per heavy atom. The average molecular weight is 496 g/mol. The molecule has 7 nitrogen and oxygen atoms in total. The number of unbranched alkanes of at least 4 members (excludes halogenated alkanes) is 1. The minimum absolute atomic E-state index is 0.219. The van der Waals surface area contributed by atoms with Crippen molar-refractivity contribution in [3.8, 4) is 11.1 Å². The lowest BCUT2D eigenvalue weighted by atomic mass is 10.1. The molecule has 0 aliphatic heterocycles. The van der Waals surface area contributed by atoms with Crippen LogP contribution in [0.4, 0.5) is 5.69 Å². The number of amides is 1. The molecule has 4 aromatic rings. The van der Waals surface area contributed by atoms with Gasteiger partial charge in [0.25, 0.3) is 5.56 Å². The topological polar surface area (TPSA) is 90.3 Å². The van der Waals surface area contributed by atoms with Gasteiger partial charge >= 0.3 is 5.97 Å². The lowest BCUT2D eigenvalue weighted by Gasteiger charge is -2.09. The summed E-state index contributed by atoms with van der Waals surface area (Å²) in [5, 5.41) is 5.66. The molecule has 0 saturated carbocycles. The number of fused-ring (bicyclic) bond motifs is 1. The van der Waals surface area contributed by atoms with Gasteiger partial charge in [-0.2, -0.15) is 0 Å². The quantitative estimate of drug-likeness (QED) is 0.262. The fourth-order valence-corrected chi connectivity index (χ4v) is 4.43. The van der Waals surface area contributed by atoms with Gasteiger partial charge in [-0.15, -0.1) is 11.3 Å². The zero-order valence-corrected chi connectivity index (χ0v) is 20.0. The number of aromatic nitrogens is 2. The molecular formula is C25H22ClN3O4S. The minimum atomic E-state index is -0.442. The number of ether oxygens (including phenoxy) is 1. The lowest BCUT2D eigenvalue weighted by Crippen LogP contribution is -2.27. The summed E-state index contributed by atoms with van der Waals surface area (Å²) in [6.07, 6.45) is 3.09. The molecule has 1 amide bonds. The number of rotatable bonds is 8. The third-order valence-corrected chi connectivity index (χ3v) is 6.28. The molecule has 0 fully saturated rings. The molecule has 174 valence electrons. The maximum atomic E-state index is 13.2. The Kier molecular flexibility index (Phi) is 7.40. The molecule has 2 heterocycles. The van der Waals surface area contributed by atoms with Crippen LogP contribution in [-0.4, -0.2) is 28.0 Å². The van der Waals surface area contributed by atoms with E-state index in [0.717, 1.165) is 24.0 Å². The number of hydrogen-bond donors (Lipinski definition) is 1. The Morgan fingerprint density at radius 1 is 1.18 bits per heavy atom. The van der Waals surface area contributed by atoms with E-state index in [4.69, 9.17) is 16.3 Å². The van der Waals surface area contributed by atoms with Gasteiger partial charge in [-0.1, -0.05) is 43.1 Å². The van der Waals surface area contributed by atoms with E-state index in [2.05, 4.69) is 10.3 Å². The number of anilines is 1. The molecule has 0 saturated heterocycles. The van der Waals surface area contributed by atoms with Gasteiger partial charge in [0.05, 0.1) is 23.9 Å². The summed E-state index contributed by atoms with van der Waals surface area (Å²) in [5.41, 5.74) is 2.08. The van der Waals surface area contributed by atoms with E-state index in [9.17, 15) is 14.4 Å². The molecule has 4 rings (SSSR count). The third-order valence-electron chi connectivity index (χ3n) is 5.14. The number of nitrogens with zero attached hydrogens (tertiary/aromatic N) is 2. The highest BCUT2D eigenvalue weighted by molar-refractivity contribution is 7.17. The van der Waals surface area contributed by atoms with Crippen LogP contribution in [0.5, 0.6) is 0 Å². The van der Waals surface area contributed by atoms with Crippen LogP contribution in [-0.2, 0) is 16.1 Å². The summed E-state index contributed by atoms with van der Waals surface area (Å²) >= 11 is 7.35. The van der Waals surface area contributed by atoms with Gasteiger partial charge in [0.1, 0.15) is 11.4 Å². The van der Waals surface area contributed by atoms with E-state index in [1.807, 2.05) is 24.4 Å². The fraction of sp³-hybridized carbons (Fsp3) is 0.200. The van der Waals surface area contributed by atoms with Gasteiger partial charge in [-0.25, -0.2) is 9.78 Å². The largest absolute Gasteiger partial charge is 0.462 e. The molecule has 9 heteroatoms. The Bertz CT molecular complexity index is 1400. The first-order valence-corrected chi connectivity index (χ1v) is 12.0. The highest BCUT2D eigenvalue weighted by atomic mass is 35.5. The van der Waals surface area contributed by atoms with Crippen LogP contribution in [0.15, 0.2) is 65.0 Å². The van der Waals surface area contributed by atoms with Gasteiger partial charge in [-0.3, -0.25) is 14.2 Å². The van der Waals surface area contributed by atoms with Crippen LogP contribution in [0.3, 0.4) is 0 Å². The molecule has 0 aliphatic rings. The number of carbonyl (C=O) groups is 2. The molecular weight excluding hydrogens is 474 g/mol. The van der Waals surface area contributed by atoms with E-state index in [-0.39, 0.29) is 12.1 Å². The van der Waals surface area contributed by atoms with E-state index >= 15 is 0 Å². The predicted molar refractivity (Wildman–Crippen MR) is 135 cm³/mol. The van der Waals surface area contributed by atoms with Crippen molar-refractivity contribution in [3.63, 3.8) is 0 Å². The number of thiophene rings is 1. The van der Waals surface area contributed by atoms with Crippen molar-refractivity contribution in [2.45, 2.75) is 26.3 Å². The van der Waals surface area contributed by atoms with Crippen molar-refractivity contribution in [1.29, 1.82) is 0 Å². The standard InChI is InChI=1S/C25H22ClN3O4S/c1-2-3-11-33-25(32)17-5-4-6-19(12-17)28-21(30)13-29-15-27-23-22(24(29)31)20(14-34-23)16-7-9-18(26)10-8-16/h4-10,12,14-15H,2-3,11,13H2,1H3,(H,28,30). The second kappa shape index (κ2) is 10.6. The second-order valence-corrected chi connectivity index (χ2v) is 8.93. The van der Waals surface area contributed by atoms with E-state index in [0.29, 0.717) is 33.1 Å². The summed E-state index contributed by atoms with van der Waals surface area (Å²) in [4.78, 5) is 43.0. The van der Waals surface area contributed by atoms with Crippen molar-refractivity contribution in [2.24, 2.45) is 0 Å². The molecule has 0 atom stereocenters. The van der Waals surface area contributed by atoms with Crippen LogP contribution < -0.4 is 10.9 Å². The van der Waals surface area contributed by atoms with Crippen LogP contribution >= 0.6 is 22.9 Å². The minimum Gasteiger partial charge on any atom is -0.462 e. The predicted octanol–water partition coefficient (Wildman–Crippen LogP) is 5.37. The van der Waals surface area contributed by atoms with Crippen molar-refractivity contribution >= 4 is 50.7 Å². The summed E-state index contributed by atoms with van der Waals surface area (Å²) < 4.78 is 6.49. The van der Waals surface area contributed by atoms with Crippen molar-refractivity contribution in [1.82, 2.24) is 9.55 Å².